The number of para-hydroxylation sites is 2. The van der Waals surface area contributed by atoms with Crippen LogP contribution >= 0.6 is 0 Å². The highest BCUT2D eigenvalue weighted by molar-refractivity contribution is 5.92. The molecule has 0 saturated carbocycles. The minimum atomic E-state index is -0.445. The molecule has 29 heavy (non-hydrogen) atoms. The van der Waals surface area contributed by atoms with E-state index in [0.717, 1.165) is 12.1 Å². The molecule has 1 N–H and O–H groups in total. The molecule has 1 amide bonds. The van der Waals surface area contributed by atoms with Gasteiger partial charge in [0.2, 0.25) is 5.43 Å². The molecule has 0 saturated heterocycles. The number of carbonyl (C=O) groups excluding carboxylic acids is 1. The van der Waals surface area contributed by atoms with Gasteiger partial charge in [-0.1, -0.05) is 36.4 Å². The van der Waals surface area contributed by atoms with Crippen molar-refractivity contribution in [2.75, 3.05) is 18.0 Å². The van der Waals surface area contributed by atoms with Crippen LogP contribution in [0.3, 0.4) is 0 Å². The minimum absolute atomic E-state index is 0.0886. The Morgan fingerprint density at radius 1 is 1.14 bits per heavy atom. The molecule has 4 rings (SSSR count). The second-order valence-corrected chi connectivity index (χ2v) is 7.38. The molecule has 1 aliphatic heterocycles. The molecule has 0 radical (unpaired) electrons. The lowest BCUT2D eigenvalue weighted by molar-refractivity contribution is 0.0946. The summed E-state index contributed by atoms with van der Waals surface area (Å²) in [4.78, 5) is 27.3. The summed E-state index contributed by atoms with van der Waals surface area (Å²) in [6, 6.07) is 19.6. The van der Waals surface area contributed by atoms with Crippen molar-refractivity contribution >= 4 is 11.6 Å². The number of nitrogens with one attached hydrogen (secondary N) is 1. The van der Waals surface area contributed by atoms with E-state index in [1.807, 2.05) is 36.4 Å². The standard InChI is InChI=1S/C23H24N4O2/c1-16-14-18-8-6-7-11-20(18)26(16)13-12-24-23(29)22-21(28)15-17(2)27(25-22)19-9-4-3-5-10-19/h3-11,15-16H,12-14H2,1-2H3,(H,24,29)/t16-/m1/s1. The Morgan fingerprint density at radius 2 is 1.86 bits per heavy atom. The van der Waals surface area contributed by atoms with Crippen LogP contribution in [0.25, 0.3) is 5.69 Å². The molecule has 2 aromatic carbocycles. The van der Waals surface area contributed by atoms with E-state index in [2.05, 4.69) is 40.4 Å². The molecule has 6 nitrogen and oxygen atoms in total. The zero-order valence-electron chi connectivity index (χ0n) is 16.6. The summed E-state index contributed by atoms with van der Waals surface area (Å²) in [7, 11) is 0. The average molecular weight is 388 g/mol. The number of hydrogen-bond donors (Lipinski definition) is 1. The predicted octanol–water partition coefficient (Wildman–Crippen LogP) is 2.72. The van der Waals surface area contributed by atoms with Crippen LogP contribution in [0.4, 0.5) is 5.69 Å². The SMILES string of the molecule is Cc1cc(=O)c(C(=O)NCCN2c3ccccc3C[C@H]2C)nn1-c1ccccc1. The van der Waals surface area contributed by atoms with Crippen LogP contribution in [0, 0.1) is 6.92 Å². The summed E-state index contributed by atoms with van der Waals surface area (Å²) in [5.41, 5.74) is 3.58. The van der Waals surface area contributed by atoms with Crippen LogP contribution < -0.4 is 15.6 Å². The van der Waals surface area contributed by atoms with Gasteiger partial charge in [0, 0.05) is 36.6 Å². The van der Waals surface area contributed by atoms with Crippen molar-refractivity contribution in [1.29, 1.82) is 0 Å². The molecular weight excluding hydrogens is 364 g/mol. The third kappa shape index (κ3) is 3.78. The summed E-state index contributed by atoms with van der Waals surface area (Å²) >= 11 is 0. The minimum Gasteiger partial charge on any atom is -0.367 e. The van der Waals surface area contributed by atoms with Gasteiger partial charge in [-0.25, -0.2) is 4.68 Å². The summed E-state index contributed by atoms with van der Waals surface area (Å²) < 4.78 is 1.62. The maximum Gasteiger partial charge on any atom is 0.275 e. The topological polar surface area (TPSA) is 67.2 Å². The molecule has 3 aromatic rings. The number of nitrogens with zero attached hydrogens (tertiary/aromatic N) is 3. The van der Waals surface area contributed by atoms with E-state index in [9.17, 15) is 9.59 Å². The van der Waals surface area contributed by atoms with Crippen molar-refractivity contribution < 1.29 is 4.79 Å². The number of rotatable bonds is 5. The Kier molecular flexibility index (Phi) is 5.16. The van der Waals surface area contributed by atoms with Crippen LogP contribution in [0.15, 0.2) is 65.5 Å². The van der Waals surface area contributed by atoms with Crippen LogP contribution in [-0.4, -0.2) is 34.8 Å². The Balaban J connectivity index is 1.47. The molecule has 0 fully saturated rings. The van der Waals surface area contributed by atoms with Gasteiger partial charge >= 0.3 is 0 Å². The fraction of sp³-hybridized carbons (Fsp3) is 0.261. The largest absolute Gasteiger partial charge is 0.367 e. The van der Waals surface area contributed by atoms with E-state index >= 15 is 0 Å². The van der Waals surface area contributed by atoms with E-state index in [4.69, 9.17) is 0 Å². The molecular formula is C23H24N4O2. The van der Waals surface area contributed by atoms with Gasteiger partial charge in [0.1, 0.15) is 0 Å². The van der Waals surface area contributed by atoms with Gasteiger partial charge in [-0.15, -0.1) is 0 Å². The third-order valence-electron chi connectivity index (χ3n) is 5.31. The maximum absolute atomic E-state index is 12.7. The average Bonchev–Trinajstić information content (AvgIpc) is 3.04. The van der Waals surface area contributed by atoms with Gasteiger partial charge in [0.25, 0.3) is 5.91 Å². The van der Waals surface area contributed by atoms with Gasteiger partial charge < -0.3 is 10.2 Å². The number of anilines is 1. The van der Waals surface area contributed by atoms with Crippen molar-refractivity contribution in [2.24, 2.45) is 0 Å². The van der Waals surface area contributed by atoms with E-state index < -0.39 is 5.91 Å². The summed E-state index contributed by atoms with van der Waals surface area (Å²) in [6.07, 6.45) is 1.01. The lowest BCUT2D eigenvalue weighted by Gasteiger charge is -2.25. The van der Waals surface area contributed by atoms with E-state index in [-0.39, 0.29) is 11.1 Å². The highest BCUT2D eigenvalue weighted by Gasteiger charge is 2.25. The van der Waals surface area contributed by atoms with Crippen LogP contribution in [0.2, 0.25) is 0 Å². The van der Waals surface area contributed by atoms with Gasteiger partial charge in [0.05, 0.1) is 5.69 Å². The number of benzene rings is 2. The second kappa shape index (κ2) is 7.91. The number of fused-ring (bicyclic) bond motifs is 1. The monoisotopic (exact) mass is 388 g/mol. The molecule has 1 aliphatic rings. The predicted molar refractivity (Wildman–Crippen MR) is 114 cm³/mol. The first-order chi connectivity index (χ1) is 14.0. The quantitative estimate of drug-likeness (QED) is 0.730. The Bertz CT molecular complexity index is 1090. The first-order valence-corrected chi connectivity index (χ1v) is 9.84. The smallest absolute Gasteiger partial charge is 0.275 e. The molecule has 0 bridgehead atoms. The van der Waals surface area contributed by atoms with Crippen molar-refractivity contribution in [3.8, 4) is 5.69 Å². The third-order valence-corrected chi connectivity index (χ3v) is 5.31. The Labute approximate surface area is 169 Å². The highest BCUT2D eigenvalue weighted by atomic mass is 16.2. The summed E-state index contributed by atoms with van der Waals surface area (Å²) in [6.45, 7) is 5.11. The lowest BCUT2D eigenvalue weighted by atomic mass is 10.1. The molecule has 1 atom stereocenters. The molecule has 2 heterocycles. The van der Waals surface area contributed by atoms with Crippen molar-refractivity contribution in [3.63, 3.8) is 0 Å². The normalized spacial score (nSPS) is 15.2. The first kappa shape index (κ1) is 18.9. The van der Waals surface area contributed by atoms with Gasteiger partial charge in [0.15, 0.2) is 5.69 Å². The molecule has 1 aromatic heterocycles. The number of carbonyl (C=O) groups is 1. The molecule has 6 heteroatoms. The number of amides is 1. The molecule has 148 valence electrons. The zero-order chi connectivity index (χ0) is 20.4. The molecule has 0 aliphatic carbocycles. The van der Waals surface area contributed by atoms with E-state index in [1.165, 1.54) is 17.3 Å². The van der Waals surface area contributed by atoms with Crippen LogP contribution in [0.1, 0.15) is 28.7 Å². The fourth-order valence-electron chi connectivity index (χ4n) is 3.88. The van der Waals surface area contributed by atoms with Crippen molar-refractivity contribution in [3.05, 3.63) is 87.8 Å². The second-order valence-electron chi connectivity index (χ2n) is 7.38. The van der Waals surface area contributed by atoms with Crippen LogP contribution in [-0.2, 0) is 6.42 Å². The van der Waals surface area contributed by atoms with Crippen LogP contribution in [0.5, 0.6) is 0 Å². The Morgan fingerprint density at radius 3 is 2.66 bits per heavy atom. The summed E-state index contributed by atoms with van der Waals surface area (Å²) in [5.74, 6) is -0.445. The van der Waals surface area contributed by atoms with Gasteiger partial charge in [-0.05, 0) is 44.0 Å². The van der Waals surface area contributed by atoms with E-state index in [1.54, 1.807) is 11.6 Å². The van der Waals surface area contributed by atoms with Crippen molar-refractivity contribution in [1.82, 2.24) is 15.1 Å². The lowest BCUT2D eigenvalue weighted by Crippen LogP contribution is -2.39. The number of aromatic nitrogens is 2. The molecule has 0 spiro atoms. The van der Waals surface area contributed by atoms with Gasteiger partial charge in [-0.3, -0.25) is 9.59 Å². The maximum atomic E-state index is 12.7. The highest BCUT2D eigenvalue weighted by Crippen LogP contribution is 2.31. The molecule has 0 unspecified atom stereocenters. The van der Waals surface area contributed by atoms with Gasteiger partial charge in [-0.2, -0.15) is 5.10 Å². The first-order valence-electron chi connectivity index (χ1n) is 9.84. The summed E-state index contributed by atoms with van der Waals surface area (Å²) in [5, 5.41) is 7.18. The fourth-order valence-corrected chi connectivity index (χ4v) is 3.88. The number of aryl methyl sites for hydroxylation is 1. The zero-order valence-corrected chi connectivity index (χ0v) is 16.6. The van der Waals surface area contributed by atoms with E-state index in [0.29, 0.717) is 24.8 Å². The Hall–Kier alpha value is -3.41. The van der Waals surface area contributed by atoms with Crippen molar-refractivity contribution in [2.45, 2.75) is 26.3 Å². The number of hydrogen-bond acceptors (Lipinski definition) is 4.